The van der Waals surface area contributed by atoms with Gasteiger partial charge in [-0.3, -0.25) is 4.98 Å². The summed E-state index contributed by atoms with van der Waals surface area (Å²) in [6, 6.07) is 9.57. The second-order valence-corrected chi connectivity index (χ2v) is 5.17. The number of fused-ring (bicyclic) bond motifs is 1. The maximum atomic E-state index is 9.02. The highest BCUT2D eigenvalue weighted by Gasteiger charge is 2.14. The highest BCUT2D eigenvalue weighted by Crippen LogP contribution is 2.30. The predicted molar refractivity (Wildman–Crippen MR) is 83.0 cm³/mol. The zero-order valence-electron chi connectivity index (χ0n) is 11.5. The monoisotopic (exact) mass is 296 g/mol. The Hall–Kier alpha value is -2.38. The molecule has 2 heterocycles. The fourth-order valence-electron chi connectivity index (χ4n) is 2.41. The quantitative estimate of drug-likeness (QED) is 0.733. The molecule has 4 nitrogen and oxygen atoms in total. The van der Waals surface area contributed by atoms with Crippen LogP contribution in [0.2, 0.25) is 5.02 Å². The number of rotatable bonds is 3. The van der Waals surface area contributed by atoms with Crippen LogP contribution in [-0.2, 0) is 6.54 Å². The first-order valence-electron chi connectivity index (χ1n) is 6.75. The van der Waals surface area contributed by atoms with Gasteiger partial charge in [-0.15, -0.1) is 0 Å². The summed E-state index contributed by atoms with van der Waals surface area (Å²) < 4.78 is 2.14. The van der Waals surface area contributed by atoms with E-state index in [0.717, 1.165) is 35.4 Å². The van der Waals surface area contributed by atoms with Gasteiger partial charge in [0, 0.05) is 24.5 Å². The summed E-state index contributed by atoms with van der Waals surface area (Å²) in [6.07, 6.45) is 4.31. The fraction of sp³-hybridized carbons (Fsp3) is 0.188. The summed E-state index contributed by atoms with van der Waals surface area (Å²) in [5.41, 5.74) is 3.29. The lowest BCUT2D eigenvalue weighted by atomic mass is 10.2. The van der Waals surface area contributed by atoms with Crippen molar-refractivity contribution < 1.29 is 0 Å². The minimum Gasteiger partial charge on any atom is -0.324 e. The van der Waals surface area contributed by atoms with Crippen LogP contribution in [0.4, 0.5) is 0 Å². The topological polar surface area (TPSA) is 54.5 Å². The van der Waals surface area contributed by atoms with Gasteiger partial charge in [0.2, 0.25) is 0 Å². The average Bonchev–Trinajstić information content (AvgIpc) is 2.86. The first-order valence-corrected chi connectivity index (χ1v) is 7.12. The maximum absolute atomic E-state index is 9.02. The number of hydrogen-bond donors (Lipinski definition) is 0. The molecule has 0 atom stereocenters. The van der Waals surface area contributed by atoms with Gasteiger partial charge in [-0.25, -0.2) is 4.98 Å². The maximum Gasteiger partial charge on any atom is 0.142 e. The first kappa shape index (κ1) is 13.6. The minimum absolute atomic E-state index is 0.575. The summed E-state index contributed by atoms with van der Waals surface area (Å²) in [5, 5.41) is 9.60. The number of benzene rings is 1. The largest absolute Gasteiger partial charge is 0.324 e. The number of aromatic nitrogens is 3. The van der Waals surface area contributed by atoms with Gasteiger partial charge in [0.25, 0.3) is 0 Å². The fourth-order valence-corrected chi connectivity index (χ4v) is 2.62. The SMILES string of the molecule is CCCn1c(-c2ccncc2Cl)nc2cc(C#N)ccc21. The van der Waals surface area contributed by atoms with Gasteiger partial charge in [0.15, 0.2) is 0 Å². The van der Waals surface area contributed by atoms with E-state index >= 15 is 0 Å². The van der Waals surface area contributed by atoms with Crippen molar-refractivity contribution >= 4 is 22.6 Å². The number of nitriles is 1. The number of nitrogens with zero attached hydrogens (tertiary/aromatic N) is 4. The van der Waals surface area contributed by atoms with Crippen LogP contribution in [0, 0.1) is 11.3 Å². The third-order valence-corrected chi connectivity index (χ3v) is 3.64. The van der Waals surface area contributed by atoms with Crippen LogP contribution in [-0.4, -0.2) is 14.5 Å². The second kappa shape index (κ2) is 5.55. The molecule has 3 rings (SSSR count). The Morgan fingerprint density at radius 3 is 2.90 bits per heavy atom. The lowest BCUT2D eigenvalue weighted by Gasteiger charge is -2.08. The summed E-state index contributed by atoms with van der Waals surface area (Å²) in [7, 11) is 0. The zero-order valence-corrected chi connectivity index (χ0v) is 12.3. The number of imidazole rings is 1. The van der Waals surface area contributed by atoms with E-state index in [1.165, 1.54) is 0 Å². The molecule has 0 saturated heterocycles. The lowest BCUT2D eigenvalue weighted by molar-refractivity contribution is 0.704. The Kier molecular flexibility index (Phi) is 3.59. The van der Waals surface area contributed by atoms with Gasteiger partial charge in [0.05, 0.1) is 27.7 Å². The molecule has 0 amide bonds. The molecule has 0 spiro atoms. The Balaban J connectivity index is 2.29. The van der Waals surface area contributed by atoms with Crippen molar-refractivity contribution in [1.82, 2.24) is 14.5 Å². The van der Waals surface area contributed by atoms with Crippen LogP contribution in [0.5, 0.6) is 0 Å². The predicted octanol–water partition coefficient (Wildman–Crippen LogP) is 4.03. The van der Waals surface area contributed by atoms with Crippen LogP contribution in [0.25, 0.3) is 22.4 Å². The molecule has 21 heavy (non-hydrogen) atoms. The Bertz CT molecular complexity index is 845. The van der Waals surface area contributed by atoms with Crippen molar-refractivity contribution in [1.29, 1.82) is 5.26 Å². The van der Waals surface area contributed by atoms with Crippen LogP contribution in [0.3, 0.4) is 0 Å². The third kappa shape index (κ3) is 2.37. The van der Waals surface area contributed by atoms with Crippen molar-refractivity contribution in [2.24, 2.45) is 0 Å². The smallest absolute Gasteiger partial charge is 0.142 e. The van der Waals surface area contributed by atoms with Gasteiger partial charge < -0.3 is 4.57 Å². The average molecular weight is 297 g/mol. The Morgan fingerprint density at radius 1 is 1.33 bits per heavy atom. The van der Waals surface area contributed by atoms with Crippen molar-refractivity contribution in [2.45, 2.75) is 19.9 Å². The van der Waals surface area contributed by atoms with E-state index in [1.807, 2.05) is 18.2 Å². The Labute approximate surface area is 127 Å². The van der Waals surface area contributed by atoms with E-state index in [4.69, 9.17) is 16.9 Å². The molecule has 5 heteroatoms. The molecule has 3 aromatic rings. The molecule has 0 aliphatic rings. The van der Waals surface area contributed by atoms with Crippen molar-refractivity contribution in [3.8, 4) is 17.5 Å². The Morgan fingerprint density at radius 2 is 2.19 bits per heavy atom. The summed E-state index contributed by atoms with van der Waals surface area (Å²) in [4.78, 5) is 8.69. The molecule has 2 aromatic heterocycles. The molecule has 0 bridgehead atoms. The van der Waals surface area contributed by atoms with Gasteiger partial charge >= 0.3 is 0 Å². The van der Waals surface area contributed by atoms with Gasteiger partial charge in [0.1, 0.15) is 5.82 Å². The molecule has 104 valence electrons. The number of hydrogen-bond acceptors (Lipinski definition) is 3. The minimum atomic E-state index is 0.575. The standard InChI is InChI=1S/C16H13ClN4/c1-2-7-21-15-4-3-11(9-18)8-14(15)20-16(21)12-5-6-19-10-13(12)17/h3-6,8,10H,2,7H2,1H3. The number of aryl methyl sites for hydroxylation is 1. The highest BCUT2D eigenvalue weighted by atomic mass is 35.5. The van der Waals surface area contributed by atoms with Crippen LogP contribution < -0.4 is 0 Å². The van der Waals surface area contributed by atoms with E-state index in [0.29, 0.717) is 10.6 Å². The molecule has 0 unspecified atom stereocenters. The lowest BCUT2D eigenvalue weighted by Crippen LogP contribution is -2.00. The van der Waals surface area contributed by atoms with Gasteiger partial charge in [-0.05, 0) is 30.7 Å². The highest BCUT2D eigenvalue weighted by molar-refractivity contribution is 6.33. The molecule has 0 saturated carbocycles. The summed E-state index contributed by atoms with van der Waals surface area (Å²) in [5.74, 6) is 0.814. The molecule has 0 aliphatic carbocycles. The molecule has 0 fully saturated rings. The van der Waals surface area contributed by atoms with E-state index in [2.05, 4.69) is 27.5 Å². The van der Waals surface area contributed by atoms with Crippen LogP contribution in [0.15, 0.2) is 36.7 Å². The van der Waals surface area contributed by atoms with Crippen LogP contribution >= 0.6 is 11.6 Å². The van der Waals surface area contributed by atoms with Gasteiger partial charge in [-0.1, -0.05) is 18.5 Å². The van der Waals surface area contributed by atoms with Crippen molar-refractivity contribution in [3.63, 3.8) is 0 Å². The van der Waals surface area contributed by atoms with Crippen LogP contribution in [0.1, 0.15) is 18.9 Å². The molecule has 0 radical (unpaired) electrons. The molecule has 1 aromatic carbocycles. The van der Waals surface area contributed by atoms with Crippen molar-refractivity contribution in [2.75, 3.05) is 0 Å². The summed E-state index contributed by atoms with van der Waals surface area (Å²) in [6.45, 7) is 2.96. The third-order valence-electron chi connectivity index (χ3n) is 3.34. The zero-order chi connectivity index (χ0) is 14.8. The van der Waals surface area contributed by atoms with E-state index < -0.39 is 0 Å². The first-order chi connectivity index (χ1) is 10.2. The van der Waals surface area contributed by atoms with E-state index in [9.17, 15) is 0 Å². The summed E-state index contributed by atoms with van der Waals surface area (Å²) >= 11 is 6.25. The van der Waals surface area contributed by atoms with E-state index in [-0.39, 0.29) is 0 Å². The van der Waals surface area contributed by atoms with E-state index in [1.54, 1.807) is 18.5 Å². The molecule has 0 N–H and O–H groups in total. The molecular formula is C16H13ClN4. The molecule has 0 aliphatic heterocycles. The van der Waals surface area contributed by atoms with Gasteiger partial charge in [-0.2, -0.15) is 5.26 Å². The molecular weight excluding hydrogens is 284 g/mol. The number of pyridine rings is 1. The van der Waals surface area contributed by atoms with Crippen molar-refractivity contribution in [3.05, 3.63) is 47.2 Å². The second-order valence-electron chi connectivity index (χ2n) is 4.76. The number of halogens is 1. The normalized spacial score (nSPS) is 10.7.